The number of Topliss-reactive ketones (excluding diaryl/α,β-unsaturated/α-hetero) is 1. The number of likely N-dealkylation sites (tertiary alicyclic amines) is 1. The molecule has 0 N–H and O–H groups in total. The smallest absolute Gasteiger partial charge is 0.410 e. The monoisotopic (exact) mass is 365 g/mol. The molecule has 1 aromatic carbocycles. The summed E-state index contributed by atoms with van der Waals surface area (Å²) in [5.74, 6) is 0.250. The molecule has 6 heteroatoms. The molecule has 0 radical (unpaired) electrons. The minimum absolute atomic E-state index is 0.0116. The van der Waals surface area contributed by atoms with Gasteiger partial charge in [-0.3, -0.25) is 4.79 Å². The number of carbonyl (C=O) groups is 2. The summed E-state index contributed by atoms with van der Waals surface area (Å²) in [6, 6.07) is 5.28. The van der Waals surface area contributed by atoms with E-state index in [2.05, 4.69) is 0 Å². The minimum Gasteiger partial charge on any atom is -0.486 e. The summed E-state index contributed by atoms with van der Waals surface area (Å²) in [5.41, 5.74) is -0.642. The van der Waals surface area contributed by atoms with Crippen molar-refractivity contribution in [2.75, 3.05) is 13.1 Å². The molecular weight excluding hydrogens is 342 g/mol. The van der Waals surface area contributed by atoms with Crippen LogP contribution in [0.4, 0.5) is 4.79 Å². The Kier molecular flexibility index (Phi) is 4.48. The molecule has 5 nitrogen and oxygen atoms in total. The van der Waals surface area contributed by atoms with Gasteiger partial charge in [-0.2, -0.15) is 0 Å². The lowest BCUT2D eigenvalue weighted by Gasteiger charge is -2.47. The van der Waals surface area contributed by atoms with Crippen molar-refractivity contribution in [3.05, 3.63) is 28.8 Å². The van der Waals surface area contributed by atoms with Crippen molar-refractivity contribution >= 4 is 23.5 Å². The number of amides is 1. The molecule has 1 amide bonds. The van der Waals surface area contributed by atoms with Gasteiger partial charge in [-0.25, -0.2) is 4.79 Å². The highest BCUT2D eigenvalue weighted by Crippen LogP contribution is 2.44. The van der Waals surface area contributed by atoms with Crippen LogP contribution < -0.4 is 4.74 Å². The van der Waals surface area contributed by atoms with Gasteiger partial charge in [-0.15, -0.1) is 0 Å². The summed E-state index contributed by atoms with van der Waals surface area (Å²) in [4.78, 5) is 26.8. The van der Waals surface area contributed by atoms with Crippen LogP contribution in [0.3, 0.4) is 0 Å². The van der Waals surface area contributed by atoms with E-state index in [1.807, 2.05) is 27.7 Å². The number of piperidine rings is 1. The second-order valence-corrected chi connectivity index (χ2v) is 8.24. The highest BCUT2D eigenvalue weighted by molar-refractivity contribution is 6.34. The molecule has 136 valence electrons. The molecule has 0 bridgehead atoms. The lowest BCUT2D eigenvalue weighted by atomic mass is 9.74. The zero-order chi connectivity index (χ0) is 18.4. The molecule has 1 aromatic rings. The fraction of sp³-hybridized carbons (Fsp3) is 0.579. The van der Waals surface area contributed by atoms with E-state index < -0.39 is 11.2 Å². The van der Waals surface area contributed by atoms with Crippen LogP contribution in [-0.2, 0) is 4.74 Å². The number of hydrogen-bond acceptors (Lipinski definition) is 4. The molecule has 2 aliphatic rings. The zero-order valence-electron chi connectivity index (χ0n) is 15.1. The lowest BCUT2D eigenvalue weighted by Crippen LogP contribution is -2.57. The van der Waals surface area contributed by atoms with Gasteiger partial charge in [0.1, 0.15) is 17.0 Å². The summed E-state index contributed by atoms with van der Waals surface area (Å²) in [6.45, 7) is 8.44. The van der Waals surface area contributed by atoms with Gasteiger partial charge >= 0.3 is 6.09 Å². The van der Waals surface area contributed by atoms with E-state index in [9.17, 15) is 9.59 Å². The third-order valence-electron chi connectivity index (χ3n) is 4.98. The number of halogens is 1. The van der Waals surface area contributed by atoms with Crippen LogP contribution in [0.5, 0.6) is 5.75 Å². The van der Waals surface area contributed by atoms with Gasteiger partial charge in [0.2, 0.25) is 0 Å². The van der Waals surface area contributed by atoms with Gasteiger partial charge in [-0.1, -0.05) is 24.6 Å². The van der Waals surface area contributed by atoms with Crippen LogP contribution in [0, 0.1) is 5.92 Å². The number of ketones is 1. The van der Waals surface area contributed by atoms with Crippen LogP contribution in [0.15, 0.2) is 18.2 Å². The number of nitrogens with zero attached hydrogens (tertiary/aromatic N) is 1. The first-order valence-corrected chi connectivity index (χ1v) is 9.00. The van der Waals surface area contributed by atoms with Crippen molar-refractivity contribution in [2.45, 2.75) is 51.7 Å². The molecule has 0 aromatic heterocycles. The average molecular weight is 366 g/mol. The van der Waals surface area contributed by atoms with Crippen LogP contribution in [0.1, 0.15) is 50.9 Å². The summed E-state index contributed by atoms with van der Waals surface area (Å²) >= 11 is 6.19. The van der Waals surface area contributed by atoms with Crippen molar-refractivity contribution in [3.8, 4) is 5.75 Å². The topological polar surface area (TPSA) is 55.8 Å². The molecule has 0 aliphatic carbocycles. The Balaban J connectivity index is 1.77. The number of fused-ring (bicyclic) bond motifs is 1. The van der Waals surface area contributed by atoms with Gasteiger partial charge in [0, 0.05) is 25.9 Å². The molecule has 25 heavy (non-hydrogen) atoms. The summed E-state index contributed by atoms with van der Waals surface area (Å²) in [6.07, 6.45) is 0.858. The highest BCUT2D eigenvalue weighted by atomic mass is 35.5. The predicted molar refractivity (Wildman–Crippen MR) is 95.3 cm³/mol. The SMILES string of the molecule is CC1C(=O)c2c(Cl)cccc2OC12CCN(C(=O)OC(C)(C)C)CC2. The maximum atomic E-state index is 12.8. The molecule has 1 saturated heterocycles. The van der Waals surface area contributed by atoms with E-state index in [0.717, 1.165) is 0 Å². The van der Waals surface area contributed by atoms with Crippen molar-refractivity contribution < 1.29 is 19.1 Å². The third kappa shape index (κ3) is 3.34. The van der Waals surface area contributed by atoms with Crippen molar-refractivity contribution in [1.82, 2.24) is 4.90 Å². The Hall–Kier alpha value is -1.75. The number of benzene rings is 1. The first-order chi connectivity index (χ1) is 11.6. The first-order valence-electron chi connectivity index (χ1n) is 8.63. The Morgan fingerprint density at radius 3 is 2.56 bits per heavy atom. The Morgan fingerprint density at radius 2 is 1.96 bits per heavy atom. The second-order valence-electron chi connectivity index (χ2n) is 7.83. The maximum Gasteiger partial charge on any atom is 0.410 e. The number of carbonyl (C=O) groups excluding carboxylic acids is 2. The van der Waals surface area contributed by atoms with Crippen molar-refractivity contribution in [2.24, 2.45) is 5.92 Å². The van der Waals surface area contributed by atoms with Crippen molar-refractivity contribution in [3.63, 3.8) is 0 Å². The average Bonchev–Trinajstić information content (AvgIpc) is 2.52. The Morgan fingerprint density at radius 1 is 1.32 bits per heavy atom. The molecule has 2 heterocycles. The van der Waals surface area contributed by atoms with Crippen LogP contribution in [0.25, 0.3) is 0 Å². The van der Waals surface area contributed by atoms with Gasteiger partial charge in [-0.05, 0) is 32.9 Å². The fourth-order valence-electron chi connectivity index (χ4n) is 3.52. The van der Waals surface area contributed by atoms with Crippen LogP contribution in [0.2, 0.25) is 5.02 Å². The van der Waals surface area contributed by atoms with Gasteiger partial charge < -0.3 is 14.4 Å². The summed E-state index contributed by atoms with van der Waals surface area (Å²) in [5, 5.41) is 0.426. The second kappa shape index (κ2) is 6.20. The normalized spacial score (nSPS) is 22.4. The Labute approximate surface area is 153 Å². The van der Waals surface area contributed by atoms with E-state index in [1.54, 1.807) is 23.1 Å². The molecule has 1 unspecified atom stereocenters. The summed E-state index contributed by atoms with van der Waals surface area (Å²) < 4.78 is 11.7. The third-order valence-corrected chi connectivity index (χ3v) is 5.29. The number of hydrogen-bond donors (Lipinski definition) is 0. The van der Waals surface area contributed by atoms with E-state index >= 15 is 0 Å². The molecule has 2 aliphatic heterocycles. The van der Waals surface area contributed by atoms with Crippen LogP contribution in [-0.4, -0.2) is 41.1 Å². The molecule has 1 spiro atoms. The summed E-state index contributed by atoms with van der Waals surface area (Å²) in [7, 11) is 0. The fourth-order valence-corrected chi connectivity index (χ4v) is 3.78. The molecular formula is C19H24ClNO4. The zero-order valence-corrected chi connectivity index (χ0v) is 15.9. The van der Waals surface area contributed by atoms with E-state index in [4.69, 9.17) is 21.1 Å². The Bertz CT molecular complexity index is 702. The van der Waals surface area contributed by atoms with Gasteiger partial charge in [0.15, 0.2) is 5.78 Å². The minimum atomic E-state index is -0.590. The molecule has 1 fully saturated rings. The maximum absolute atomic E-state index is 12.8. The molecule has 1 atom stereocenters. The van der Waals surface area contributed by atoms with Crippen molar-refractivity contribution in [1.29, 1.82) is 0 Å². The number of ether oxygens (including phenoxy) is 2. The van der Waals surface area contributed by atoms with Crippen LogP contribution >= 0.6 is 11.6 Å². The highest BCUT2D eigenvalue weighted by Gasteiger charge is 2.50. The van der Waals surface area contributed by atoms with E-state index in [1.165, 1.54) is 0 Å². The molecule has 3 rings (SSSR count). The molecule has 0 saturated carbocycles. The standard InChI is InChI=1S/C19H24ClNO4/c1-12-16(22)15-13(20)6-5-7-14(15)24-19(12)8-10-21(11-9-19)17(23)25-18(2,3)4/h5-7,12H,8-11H2,1-4H3. The van der Waals surface area contributed by atoms with E-state index in [0.29, 0.717) is 42.3 Å². The van der Waals surface area contributed by atoms with Gasteiger partial charge in [0.05, 0.1) is 16.5 Å². The number of rotatable bonds is 0. The lowest BCUT2D eigenvalue weighted by molar-refractivity contribution is -0.0446. The van der Waals surface area contributed by atoms with Gasteiger partial charge in [0.25, 0.3) is 0 Å². The van der Waals surface area contributed by atoms with E-state index in [-0.39, 0.29) is 17.8 Å². The predicted octanol–water partition coefficient (Wildman–Crippen LogP) is 4.32. The first kappa shape index (κ1) is 18.1. The quantitative estimate of drug-likeness (QED) is 0.687. The largest absolute Gasteiger partial charge is 0.486 e.